The Balaban J connectivity index is 1.44. The molecule has 0 spiro atoms. The molecule has 1 aliphatic heterocycles. The van der Waals surface area contributed by atoms with Gasteiger partial charge in [0.05, 0.1) is 17.2 Å². The zero-order valence-corrected chi connectivity index (χ0v) is 15.4. The lowest BCUT2D eigenvalue weighted by atomic mass is 9.96. The number of rotatable bonds is 3. The molecule has 9 heteroatoms. The summed E-state index contributed by atoms with van der Waals surface area (Å²) >= 11 is 0. The van der Waals surface area contributed by atoms with Gasteiger partial charge in [-0.05, 0) is 43.0 Å². The topological polar surface area (TPSA) is 51.0 Å². The number of hydrogen-bond donors (Lipinski definition) is 0. The Hall–Kier alpha value is -2.97. The Morgan fingerprint density at radius 3 is 2.55 bits per heavy atom. The third-order valence-electron chi connectivity index (χ3n) is 5.26. The van der Waals surface area contributed by atoms with Gasteiger partial charge in [-0.2, -0.15) is 13.2 Å². The maximum atomic E-state index is 13.3. The Labute approximate surface area is 163 Å². The van der Waals surface area contributed by atoms with Crippen LogP contribution in [0.25, 0.3) is 10.9 Å². The molecule has 3 heterocycles. The first-order valence-electron chi connectivity index (χ1n) is 9.24. The number of alkyl halides is 3. The molecule has 5 nitrogen and oxygen atoms in total. The summed E-state index contributed by atoms with van der Waals surface area (Å²) in [5, 5.41) is 0.364. The van der Waals surface area contributed by atoms with Crippen LogP contribution in [0.1, 0.15) is 18.5 Å². The first-order chi connectivity index (χ1) is 13.8. The van der Waals surface area contributed by atoms with E-state index < -0.39 is 17.7 Å². The summed E-state index contributed by atoms with van der Waals surface area (Å²) < 4.78 is 53.4. The van der Waals surface area contributed by atoms with Gasteiger partial charge in [-0.15, -0.1) is 0 Å². The fourth-order valence-corrected chi connectivity index (χ4v) is 3.68. The molecule has 0 N–H and O–H groups in total. The summed E-state index contributed by atoms with van der Waals surface area (Å²) in [6, 6.07) is 6.53. The van der Waals surface area contributed by atoms with Gasteiger partial charge in [0, 0.05) is 37.6 Å². The highest BCUT2D eigenvalue weighted by Crippen LogP contribution is 2.31. The van der Waals surface area contributed by atoms with Crippen LogP contribution in [0.3, 0.4) is 0 Å². The smallest absolute Gasteiger partial charge is 0.371 e. The SMILES string of the molecule is O=c1c2ccc(F)cc2ncn1CC1CCN(c2ccnc(C(F)(F)F)c2)CC1. The van der Waals surface area contributed by atoms with E-state index in [0.29, 0.717) is 36.2 Å². The molecule has 0 aliphatic carbocycles. The molecule has 0 amide bonds. The maximum absolute atomic E-state index is 13.3. The molecule has 152 valence electrons. The summed E-state index contributed by atoms with van der Waals surface area (Å²) in [4.78, 5) is 22.1. The number of piperidine rings is 1. The number of benzene rings is 1. The van der Waals surface area contributed by atoms with E-state index in [9.17, 15) is 22.4 Å². The Morgan fingerprint density at radius 2 is 1.83 bits per heavy atom. The Bertz CT molecular complexity index is 1090. The van der Waals surface area contributed by atoms with E-state index in [2.05, 4.69) is 9.97 Å². The summed E-state index contributed by atoms with van der Waals surface area (Å²) in [7, 11) is 0. The largest absolute Gasteiger partial charge is 0.433 e. The minimum absolute atomic E-state index is 0.201. The van der Waals surface area contributed by atoms with Gasteiger partial charge in [0.1, 0.15) is 11.5 Å². The van der Waals surface area contributed by atoms with Gasteiger partial charge >= 0.3 is 6.18 Å². The second-order valence-corrected chi connectivity index (χ2v) is 7.19. The van der Waals surface area contributed by atoms with Crippen molar-refractivity contribution >= 4 is 16.6 Å². The standard InChI is InChI=1S/C20H18F4N4O/c21-14-1-2-16-17(9-14)26-12-28(19(16)29)11-13-4-7-27(8-5-13)15-3-6-25-18(10-15)20(22,23)24/h1-3,6,9-10,12-13H,4-5,7-8,11H2. The lowest BCUT2D eigenvalue weighted by Gasteiger charge is -2.34. The molecule has 0 atom stereocenters. The van der Waals surface area contributed by atoms with Crippen molar-refractivity contribution < 1.29 is 17.6 Å². The Morgan fingerprint density at radius 1 is 1.07 bits per heavy atom. The number of halogens is 4. The van der Waals surface area contributed by atoms with Crippen molar-refractivity contribution in [2.24, 2.45) is 5.92 Å². The van der Waals surface area contributed by atoms with Crippen LogP contribution < -0.4 is 10.5 Å². The highest BCUT2D eigenvalue weighted by Gasteiger charge is 2.33. The minimum atomic E-state index is -4.47. The zero-order chi connectivity index (χ0) is 20.6. The molecule has 1 aliphatic rings. The van der Waals surface area contributed by atoms with Crippen LogP contribution in [0.5, 0.6) is 0 Å². The van der Waals surface area contributed by atoms with Gasteiger partial charge in [-0.3, -0.25) is 14.3 Å². The first-order valence-corrected chi connectivity index (χ1v) is 9.24. The molecule has 2 aromatic heterocycles. The molecule has 0 bridgehead atoms. The van der Waals surface area contributed by atoms with E-state index in [4.69, 9.17) is 0 Å². The van der Waals surface area contributed by atoms with Gasteiger partial charge in [0.2, 0.25) is 0 Å². The molecule has 0 radical (unpaired) electrons. The van der Waals surface area contributed by atoms with Crippen molar-refractivity contribution in [3.05, 3.63) is 64.7 Å². The van der Waals surface area contributed by atoms with Crippen molar-refractivity contribution in [1.29, 1.82) is 0 Å². The third kappa shape index (κ3) is 4.08. The third-order valence-corrected chi connectivity index (χ3v) is 5.26. The summed E-state index contributed by atoms with van der Waals surface area (Å²) in [5.74, 6) is -0.244. The predicted molar refractivity (Wildman–Crippen MR) is 100 cm³/mol. The van der Waals surface area contributed by atoms with Gasteiger partial charge in [0.25, 0.3) is 5.56 Å². The van der Waals surface area contributed by atoms with Crippen LogP contribution >= 0.6 is 0 Å². The summed E-state index contributed by atoms with van der Waals surface area (Å²) in [5.41, 5.74) is -0.305. The van der Waals surface area contributed by atoms with Crippen LogP contribution in [0.2, 0.25) is 0 Å². The van der Waals surface area contributed by atoms with Gasteiger partial charge < -0.3 is 4.90 Å². The Kier molecular flexibility index (Phi) is 4.97. The molecule has 0 saturated carbocycles. The van der Waals surface area contributed by atoms with Gasteiger partial charge in [-0.1, -0.05) is 0 Å². The average Bonchev–Trinajstić information content (AvgIpc) is 2.70. The summed E-state index contributed by atoms with van der Waals surface area (Å²) in [6.07, 6.45) is -0.404. The van der Waals surface area contributed by atoms with E-state index in [0.717, 1.165) is 18.9 Å². The molecule has 0 unspecified atom stereocenters. The fraction of sp³-hybridized carbons (Fsp3) is 0.350. The molecular formula is C20H18F4N4O. The molecule has 1 aromatic carbocycles. The number of anilines is 1. The zero-order valence-electron chi connectivity index (χ0n) is 15.4. The van der Waals surface area contributed by atoms with Crippen LogP contribution in [0, 0.1) is 11.7 Å². The highest BCUT2D eigenvalue weighted by atomic mass is 19.4. The molecular weight excluding hydrogens is 388 g/mol. The second kappa shape index (κ2) is 7.46. The number of aromatic nitrogens is 3. The van der Waals surface area contributed by atoms with E-state index in [1.165, 1.54) is 35.3 Å². The van der Waals surface area contributed by atoms with E-state index in [-0.39, 0.29) is 11.5 Å². The van der Waals surface area contributed by atoms with E-state index in [1.54, 1.807) is 6.07 Å². The molecule has 1 fully saturated rings. The van der Waals surface area contributed by atoms with E-state index in [1.807, 2.05) is 4.90 Å². The van der Waals surface area contributed by atoms with Crippen molar-refractivity contribution in [3.63, 3.8) is 0 Å². The monoisotopic (exact) mass is 406 g/mol. The normalized spacial score (nSPS) is 15.8. The van der Waals surface area contributed by atoms with Crippen molar-refractivity contribution in [3.8, 4) is 0 Å². The molecule has 29 heavy (non-hydrogen) atoms. The number of pyridine rings is 1. The number of fused-ring (bicyclic) bond motifs is 1. The lowest BCUT2D eigenvalue weighted by Crippen LogP contribution is -2.36. The van der Waals surface area contributed by atoms with Crippen LogP contribution in [-0.2, 0) is 12.7 Å². The summed E-state index contributed by atoms with van der Waals surface area (Å²) in [6.45, 7) is 1.65. The second-order valence-electron chi connectivity index (χ2n) is 7.19. The van der Waals surface area contributed by atoms with Gasteiger partial charge in [-0.25, -0.2) is 9.37 Å². The fourth-order valence-electron chi connectivity index (χ4n) is 3.68. The van der Waals surface area contributed by atoms with E-state index >= 15 is 0 Å². The quantitative estimate of drug-likeness (QED) is 0.620. The first kappa shape index (κ1) is 19.4. The van der Waals surface area contributed by atoms with Crippen LogP contribution in [-0.4, -0.2) is 27.6 Å². The van der Waals surface area contributed by atoms with Crippen LogP contribution in [0.15, 0.2) is 47.7 Å². The predicted octanol–water partition coefficient (Wildman–Crippen LogP) is 3.87. The van der Waals surface area contributed by atoms with Crippen molar-refractivity contribution in [1.82, 2.24) is 14.5 Å². The highest BCUT2D eigenvalue weighted by molar-refractivity contribution is 5.77. The van der Waals surface area contributed by atoms with Crippen LogP contribution in [0.4, 0.5) is 23.2 Å². The minimum Gasteiger partial charge on any atom is -0.371 e. The van der Waals surface area contributed by atoms with Crippen molar-refractivity contribution in [2.75, 3.05) is 18.0 Å². The lowest BCUT2D eigenvalue weighted by molar-refractivity contribution is -0.141. The maximum Gasteiger partial charge on any atom is 0.433 e. The number of nitrogens with zero attached hydrogens (tertiary/aromatic N) is 4. The van der Waals surface area contributed by atoms with Crippen molar-refractivity contribution in [2.45, 2.75) is 25.6 Å². The average molecular weight is 406 g/mol. The number of hydrogen-bond acceptors (Lipinski definition) is 4. The molecule has 4 rings (SSSR count). The molecule has 1 saturated heterocycles. The molecule has 3 aromatic rings. The van der Waals surface area contributed by atoms with Gasteiger partial charge in [0.15, 0.2) is 0 Å².